The third-order valence-corrected chi connectivity index (χ3v) is 6.39. The number of nitrogens with zero attached hydrogens (tertiary/aromatic N) is 3. The number of fused-ring (bicyclic) bond motifs is 1. The van der Waals surface area contributed by atoms with Crippen LogP contribution in [-0.2, 0) is 6.42 Å². The van der Waals surface area contributed by atoms with Crippen LogP contribution in [0.25, 0.3) is 10.9 Å². The number of anilines is 2. The fourth-order valence-electron chi connectivity index (χ4n) is 3.94. The summed E-state index contributed by atoms with van der Waals surface area (Å²) in [7, 11) is 4.07. The van der Waals surface area contributed by atoms with Crippen molar-refractivity contribution in [2.24, 2.45) is 0 Å². The Morgan fingerprint density at radius 2 is 1.79 bits per heavy atom. The van der Waals surface area contributed by atoms with E-state index in [1.807, 2.05) is 37.6 Å². The van der Waals surface area contributed by atoms with Gasteiger partial charge in [0.25, 0.3) is 0 Å². The van der Waals surface area contributed by atoms with Gasteiger partial charge in [0.05, 0.1) is 5.52 Å². The molecule has 5 nitrogen and oxygen atoms in total. The highest BCUT2D eigenvalue weighted by Crippen LogP contribution is 2.26. The van der Waals surface area contributed by atoms with Gasteiger partial charge in [-0.1, -0.05) is 18.2 Å². The quantitative estimate of drug-likeness (QED) is 0.624. The first kappa shape index (κ1) is 19.2. The van der Waals surface area contributed by atoms with Crippen molar-refractivity contribution < 1.29 is 0 Å². The normalized spacial score (nSPS) is 19.6. The largest absolute Gasteiger partial charge is 0.362 e. The van der Waals surface area contributed by atoms with E-state index in [0.29, 0.717) is 12.1 Å². The Balaban J connectivity index is 1.32. The Bertz CT molecular complexity index is 885. The van der Waals surface area contributed by atoms with E-state index in [9.17, 15) is 0 Å². The van der Waals surface area contributed by atoms with Crippen LogP contribution in [0.2, 0.25) is 0 Å². The highest BCUT2D eigenvalue weighted by Gasteiger charge is 2.22. The number of thiophene rings is 1. The van der Waals surface area contributed by atoms with Crippen molar-refractivity contribution in [3.05, 3.63) is 46.7 Å². The molecule has 0 aliphatic heterocycles. The van der Waals surface area contributed by atoms with Crippen molar-refractivity contribution >= 4 is 34.0 Å². The Kier molecular flexibility index (Phi) is 6.07. The molecule has 4 rings (SSSR count). The minimum atomic E-state index is 0.450. The van der Waals surface area contributed by atoms with Gasteiger partial charge in [-0.15, -0.1) is 11.3 Å². The molecule has 1 aliphatic rings. The molecular weight excluding hydrogens is 366 g/mol. The van der Waals surface area contributed by atoms with E-state index in [1.54, 1.807) is 0 Å². The summed E-state index contributed by atoms with van der Waals surface area (Å²) < 4.78 is 0. The number of nitrogens with one attached hydrogen (secondary N) is 2. The van der Waals surface area contributed by atoms with Crippen LogP contribution in [0.4, 0.5) is 11.8 Å². The summed E-state index contributed by atoms with van der Waals surface area (Å²) in [6.45, 7) is 1.07. The predicted octanol–water partition coefficient (Wildman–Crippen LogP) is 4.31. The van der Waals surface area contributed by atoms with E-state index in [4.69, 9.17) is 9.97 Å². The van der Waals surface area contributed by atoms with Crippen molar-refractivity contribution in [2.45, 2.75) is 44.2 Å². The van der Waals surface area contributed by atoms with Crippen LogP contribution in [0.15, 0.2) is 41.8 Å². The summed E-state index contributed by atoms with van der Waals surface area (Å²) in [5, 5.41) is 10.6. The molecule has 0 spiro atoms. The van der Waals surface area contributed by atoms with Crippen molar-refractivity contribution in [2.75, 3.05) is 30.9 Å². The van der Waals surface area contributed by atoms with E-state index in [-0.39, 0.29) is 0 Å². The van der Waals surface area contributed by atoms with Gasteiger partial charge in [-0.05, 0) is 55.7 Å². The lowest BCUT2D eigenvalue weighted by atomic mass is 9.91. The maximum Gasteiger partial charge on any atom is 0.225 e. The molecule has 0 atom stereocenters. The molecule has 28 heavy (non-hydrogen) atoms. The van der Waals surface area contributed by atoms with Gasteiger partial charge in [-0.3, -0.25) is 0 Å². The van der Waals surface area contributed by atoms with Gasteiger partial charge >= 0.3 is 0 Å². The SMILES string of the molecule is CN(C)c1nc(N[C@H]2CC[C@@H](NCCc3cccs3)CC2)nc2ccccc12. The Morgan fingerprint density at radius 3 is 2.54 bits per heavy atom. The van der Waals surface area contributed by atoms with Crippen LogP contribution in [0.5, 0.6) is 0 Å². The summed E-state index contributed by atoms with van der Waals surface area (Å²) in [6.07, 6.45) is 5.86. The van der Waals surface area contributed by atoms with Crippen LogP contribution in [0.1, 0.15) is 30.6 Å². The van der Waals surface area contributed by atoms with Crippen LogP contribution >= 0.6 is 11.3 Å². The number of hydrogen-bond acceptors (Lipinski definition) is 6. The third kappa shape index (κ3) is 4.62. The molecule has 2 N–H and O–H groups in total. The van der Waals surface area contributed by atoms with Gasteiger partial charge in [-0.25, -0.2) is 4.98 Å². The van der Waals surface area contributed by atoms with E-state index >= 15 is 0 Å². The lowest BCUT2D eigenvalue weighted by molar-refractivity contribution is 0.355. The van der Waals surface area contributed by atoms with Gasteiger partial charge in [0.15, 0.2) is 0 Å². The second-order valence-corrected chi connectivity index (χ2v) is 8.79. The molecule has 0 amide bonds. The number of rotatable bonds is 7. The highest BCUT2D eigenvalue weighted by atomic mass is 32.1. The smallest absolute Gasteiger partial charge is 0.225 e. The van der Waals surface area contributed by atoms with E-state index in [1.165, 1.54) is 17.7 Å². The third-order valence-electron chi connectivity index (χ3n) is 5.45. The zero-order valence-electron chi connectivity index (χ0n) is 16.7. The Hall–Kier alpha value is -2.18. The number of aromatic nitrogens is 2. The molecule has 6 heteroatoms. The molecule has 0 radical (unpaired) electrons. The average molecular weight is 396 g/mol. The van der Waals surface area contributed by atoms with Crippen LogP contribution in [0, 0.1) is 0 Å². The number of hydrogen-bond donors (Lipinski definition) is 2. The van der Waals surface area contributed by atoms with Crippen LogP contribution in [-0.4, -0.2) is 42.7 Å². The van der Waals surface area contributed by atoms with Crippen molar-refractivity contribution in [3.63, 3.8) is 0 Å². The maximum absolute atomic E-state index is 4.78. The second kappa shape index (κ2) is 8.88. The molecule has 1 saturated carbocycles. The van der Waals surface area contributed by atoms with E-state index in [2.05, 4.69) is 45.2 Å². The minimum absolute atomic E-state index is 0.450. The Labute approximate surface area is 171 Å². The first-order valence-corrected chi connectivity index (χ1v) is 11.0. The molecule has 148 valence electrons. The van der Waals surface area contributed by atoms with Crippen molar-refractivity contribution in [1.29, 1.82) is 0 Å². The minimum Gasteiger partial charge on any atom is -0.362 e. The molecule has 1 aliphatic carbocycles. The molecule has 1 fully saturated rings. The van der Waals surface area contributed by atoms with Gasteiger partial charge in [-0.2, -0.15) is 4.98 Å². The topological polar surface area (TPSA) is 53.1 Å². The Morgan fingerprint density at radius 1 is 1.00 bits per heavy atom. The van der Waals surface area contributed by atoms with Gasteiger partial charge in [0.1, 0.15) is 5.82 Å². The zero-order valence-corrected chi connectivity index (χ0v) is 17.5. The summed E-state index contributed by atoms with van der Waals surface area (Å²) in [4.78, 5) is 13.1. The van der Waals surface area contributed by atoms with Crippen LogP contribution in [0.3, 0.4) is 0 Å². The fourth-order valence-corrected chi connectivity index (χ4v) is 4.65. The van der Waals surface area contributed by atoms with E-state index < -0.39 is 0 Å². The average Bonchev–Trinajstić information content (AvgIpc) is 3.22. The first-order valence-electron chi connectivity index (χ1n) is 10.2. The number of para-hydroxylation sites is 1. The zero-order chi connectivity index (χ0) is 19.3. The predicted molar refractivity (Wildman–Crippen MR) is 120 cm³/mol. The molecular formula is C22H29N5S. The van der Waals surface area contributed by atoms with E-state index in [0.717, 1.165) is 48.5 Å². The molecule has 3 aromatic rings. The van der Waals surface area contributed by atoms with Crippen molar-refractivity contribution in [3.8, 4) is 0 Å². The number of benzene rings is 1. The monoisotopic (exact) mass is 395 g/mol. The summed E-state index contributed by atoms with van der Waals surface area (Å²) in [5.41, 5.74) is 0.993. The molecule has 0 saturated heterocycles. The second-order valence-electron chi connectivity index (χ2n) is 7.76. The standard InChI is InChI=1S/C22H29N5S/c1-27(2)21-19-7-3-4-8-20(19)25-22(26-21)24-17-11-9-16(10-12-17)23-14-13-18-6-5-15-28-18/h3-8,15-17,23H,9-14H2,1-2H3,(H,24,25,26)/t16-,17+. The van der Waals surface area contributed by atoms with Gasteiger partial charge in [0, 0.05) is 43.0 Å². The molecule has 0 bridgehead atoms. The molecule has 2 heterocycles. The van der Waals surface area contributed by atoms with Crippen molar-refractivity contribution in [1.82, 2.24) is 15.3 Å². The lowest BCUT2D eigenvalue weighted by Gasteiger charge is -2.30. The summed E-state index contributed by atoms with van der Waals surface area (Å²) in [6, 6.07) is 13.7. The first-order chi connectivity index (χ1) is 13.7. The van der Waals surface area contributed by atoms with Crippen LogP contribution < -0.4 is 15.5 Å². The fraction of sp³-hybridized carbons (Fsp3) is 0.455. The lowest BCUT2D eigenvalue weighted by Crippen LogP contribution is -2.38. The molecule has 2 aromatic heterocycles. The maximum atomic E-state index is 4.78. The van der Waals surface area contributed by atoms with Gasteiger partial charge in [0.2, 0.25) is 5.95 Å². The summed E-state index contributed by atoms with van der Waals surface area (Å²) >= 11 is 1.85. The highest BCUT2D eigenvalue weighted by molar-refractivity contribution is 7.09. The van der Waals surface area contributed by atoms with Gasteiger partial charge < -0.3 is 15.5 Å². The summed E-state index contributed by atoms with van der Waals surface area (Å²) in [5.74, 6) is 1.72. The molecule has 0 unspecified atom stereocenters. The molecule has 1 aromatic carbocycles.